The van der Waals surface area contributed by atoms with Crippen LogP contribution in [-0.2, 0) is 0 Å². The van der Waals surface area contributed by atoms with Gasteiger partial charge in [-0.3, -0.25) is 11.3 Å². The minimum absolute atomic E-state index is 0.324. The number of nitrogens with two attached hydrogens (primary N) is 1. The Bertz CT molecular complexity index is 328. The van der Waals surface area contributed by atoms with E-state index in [0.29, 0.717) is 6.04 Å². The molecule has 88 valence electrons. The highest BCUT2D eigenvalue weighted by Gasteiger charge is 2.27. The third-order valence-corrected chi connectivity index (χ3v) is 3.57. The molecule has 1 aliphatic rings. The Morgan fingerprint density at radius 2 is 1.88 bits per heavy atom. The minimum atomic E-state index is 0.324. The van der Waals surface area contributed by atoms with Gasteiger partial charge in [0, 0.05) is 25.8 Å². The number of nitrogens with zero attached hydrogens (tertiary/aromatic N) is 1. The smallest absolute Gasteiger partial charge is 0.0488 e. The van der Waals surface area contributed by atoms with Gasteiger partial charge in [-0.15, -0.1) is 0 Å². The summed E-state index contributed by atoms with van der Waals surface area (Å²) in [7, 11) is 4.11. The van der Waals surface area contributed by atoms with Gasteiger partial charge in [-0.2, -0.15) is 0 Å². The Hall–Kier alpha value is -1.06. The number of hydrogen-bond acceptors (Lipinski definition) is 3. The van der Waals surface area contributed by atoms with Gasteiger partial charge < -0.3 is 4.90 Å². The molecule has 0 spiro atoms. The lowest BCUT2D eigenvalue weighted by molar-refractivity contribution is 0.232. The van der Waals surface area contributed by atoms with E-state index in [9.17, 15) is 0 Å². The number of hydrogen-bond donors (Lipinski definition) is 2. The molecule has 0 aromatic heterocycles. The molecule has 1 aromatic carbocycles. The van der Waals surface area contributed by atoms with Crippen molar-refractivity contribution < 1.29 is 0 Å². The van der Waals surface area contributed by atoms with Crippen molar-refractivity contribution in [1.29, 1.82) is 0 Å². The monoisotopic (exact) mass is 219 g/mol. The molecule has 2 rings (SSSR count). The summed E-state index contributed by atoms with van der Waals surface area (Å²) in [6, 6.07) is 8.98. The molecule has 0 aliphatic heterocycles. The van der Waals surface area contributed by atoms with E-state index in [1.807, 2.05) is 0 Å². The van der Waals surface area contributed by atoms with Gasteiger partial charge >= 0.3 is 0 Å². The number of anilines is 1. The molecule has 1 saturated carbocycles. The second kappa shape index (κ2) is 4.85. The van der Waals surface area contributed by atoms with E-state index >= 15 is 0 Å². The Morgan fingerprint density at radius 1 is 1.25 bits per heavy atom. The Morgan fingerprint density at radius 3 is 2.25 bits per heavy atom. The first-order chi connectivity index (χ1) is 7.72. The van der Waals surface area contributed by atoms with Crippen LogP contribution in [0.5, 0.6) is 0 Å². The van der Waals surface area contributed by atoms with Crippen molar-refractivity contribution in [2.45, 2.75) is 25.3 Å². The van der Waals surface area contributed by atoms with E-state index in [1.165, 1.54) is 30.5 Å². The maximum absolute atomic E-state index is 5.65. The van der Waals surface area contributed by atoms with Crippen molar-refractivity contribution in [2.24, 2.45) is 11.8 Å². The molecule has 3 N–H and O–H groups in total. The van der Waals surface area contributed by atoms with Crippen molar-refractivity contribution >= 4 is 5.69 Å². The maximum atomic E-state index is 5.65. The summed E-state index contributed by atoms with van der Waals surface area (Å²) < 4.78 is 0. The highest BCUT2D eigenvalue weighted by atomic mass is 15.2. The van der Waals surface area contributed by atoms with Crippen molar-refractivity contribution in [3.63, 3.8) is 0 Å². The summed E-state index contributed by atoms with van der Waals surface area (Å²) in [5.41, 5.74) is 5.49. The normalized spacial score (nSPS) is 17.9. The predicted octanol–water partition coefficient (Wildman–Crippen LogP) is 2.06. The van der Waals surface area contributed by atoms with Gasteiger partial charge in [-0.05, 0) is 36.5 Å². The van der Waals surface area contributed by atoms with Gasteiger partial charge in [0.2, 0.25) is 0 Å². The quantitative estimate of drug-likeness (QED) is 0.601. The number of benzene rings is 1. The lowest BCUT2D eigenvalue weighted by Crippen LogP contribution is -2.36. The second-order valence-corrected chi connectivity index (χ2v) is 4.82. The van der Waals surface area contributed by atoms with Crippen molar-refractivity contribution in [1.82, 2.24) is 5.43 Å². The van der Waals surface area contributed by atoms with E-state index in [0.717, 1.165) is 5.92 Å². The molecular formula is C13H21N3. The topological polar surface area (TPSA) is 41.3 Å². The van der Waals surface area contributed by atoms with Gasteiger partial charge in [0.05, 0.1) is 0 Å². The molecule has 0 amide bonds. The van der Waals surface area contributed by atoms with Crippen LogP contribution in [-0.4, -0.2) is 14.1 Å². The second-order valence-electron chi connectivity index (χ2n) is 4.82. The summed E-state index contributed by atoms with van der Waals surface area (Å²) in [5.74, 6) is 6.37. The van der Waals surface area contributed by atoms with Gasteiger partial charge in [0.1, 0.15) is 0 Å². The SMILES string of the molecule is CN(C)c1ccc(C(NN)C2CCC2)cc1. The molecule has 3 nitrogen and oxygen atoms in total. The Labute approximate surface area is 97.6 Å². The molecule has 1 aliphatic carbocycles. The summed E-state index contributed by atoms with van der Waals surface area (Å²) in [4.78, 5) is 2.11. The lowest BCUT2D eigenvalue weighted by Gasteiger charge is -2.33. The van der Waals surface area contributed by atoms with Gasteiger partial charge in [0.15, 0.2) is 0 Å². The summed E-state index contributed by atoms with van der Waals surface area (Å²) in [5, 5.41) is 0. The molecule has 1 unspecified atom stereocenters. The van der Waals surface area contributed by atoms with E-state index in [4.69, 9.17) is 5.84 Å². The van der Waals surface area contributed by atoms with Crippen LogP contribution in [0, 0.1) is 5.92 Å². The van der Waals surface area contributed by atoms with Crippen molar-refractivity contribution in [3.05, 3.63) is 29.8 Å². The van der Waals surface area contributed by atoms with Crippen molar-refractivity contribution in [3.8, 4) is 0 Å². The fraction of sp³-hybridized carbons (Fsp3) is 0.538. The first kappa shape index (κ1) is 11.4. The first-order valence-electron chi connectivity index (χ1n) is 5.96. The van der Waals surface area contributed by atoms with Crippen LogP contribution >= 0.6 is 0 Å². The van der Waals surface area contributed by atoms with Gasteiger partial charge in [-0.1, -0.05) is 18.6 Å². The largest absolute Gasteiger partial charge is 0.378 e. The highest BCUT2D eigenvalue weighted by Crippen LogP contribution is 2.37. The summed E-state index contributed by atoms with van der Waals surface area (Å²) >= 11 is 0. The van der Waals surface area contributed by atoms with E-state index in [-0.39, 0.29) is 0 Å². The molecular weight excluding hydrogens is 198 g/mol. The zero-order chi connectivity index (χ0) is 11.5. The number of nitrogens with one attached hydrogen (secondary N) is 1. The third kappa shape index (κ3) is 2.20. The molecule has 3 heteroatoms. The molecule has 0 heterocycles. The van der Waals surface area contributed by atoms with Crippen LogP contribution < -0.4 is 16.2 Å². The molecule has 0 bridgehead atoms. The average molecular weight is 219 g/mol. The molecule has 0 saturated heterocycles. The van der Waals surface area contributed by atoms with E-state index in [2.05, 4.69) is 48.7 Å². The standard InChI is InChI=1S/C13H21N3/c1-16(2)12-8-6-11(7-9-12)13(15-14)10-4-3-5-10/h6-10,13,15H,3-5,14H2,1-2H3. The molecule has 0 radical (unpaired) electrons. The fourth-order valence-corrected chi connectivity index (χ4v) is 2.26. The maximum Gasteiger partial charge on any atom is 0.0488 e. The van der Waals surface area contributed by atoms with Crippen molar-refractivity contribution in [2.75, 3.05) is 19.0 Å². The molecule has 1 fully saturated rings. The number of rotatable bonds is 4. The summed E-state index contributed by atoms with van der Waals surface area (Å²) in [6.45, 7) is 0. The molecule has 1 aromatic rings. The predicted molar refractivity (Wildman–Crippen MR) is 68.2 cm³/mol. The van der Waals surface area contributed by atoms with Crippen LogP contribution in [0.4, 0.5) is 5.69 Å². The lowest BCUT2D eigenvalue weighted by atomic mass is 9.77. The third-order valence-electron chi connectivity index (χ3n) is 3.57. The van der Waals surface area contributed by atoms with Gasteiger partial charge in [-0.25, -0.2) is 0 Å². The molecule has 1 atom stereocenters. The number of hydrazine groups is 1. The van der Waals surface area contributed by atoms with Crippen LogP contribution in [0.25, 0.3) is 0 Å². The Balaban J connectivity index is 2.12. The van der Waals surface area contributed by atoms with Crippen LogP contribution in [0.2, 0.25) is 0 Å². The molecule has 16 heavy (non-hydrogen) atoms. The van der Waals surface area contributed by atoms with Crippen LogP contribution in [0.3, 0.4) is 0 Å². The van der Waals surface area contributed by atoms with Crippen LogP contribution in [0.1, 0.15) is 30.9 Å². The highest BCUT2D eigenvalue weighted by molar-refractivity contribution is 5.46. The minimum Gasteiger partial charge on any atom is -0.378 e. The Kier molecular flexibility index (Phi) is 3.46. The fourth-order valence-electron chi connectivity index (χ4n) is 2.26. The van der Waals surface area contributed by atoms with E-state index < -0.39 is 0 Å². The first-order valence-corrected chi connectivity index (χ1v) is 5.96. The van der Waals surface area contributed by atoms with Gasteiger partial charge in [0.25, 0.3) is 0 Å². The zero-order valence-corrected chi connectivity index (χ0v) is 10.1. The zero-order valence-electron chi connectivity index (χ0n) is 10.1. The van der Waals surface area contributed by atoms with Crippen LogP contribution in [0.15, 0.2) is 24.3 Å². The summed E-state index contributed by atoms with van der Waals surface area (Å²) in [6.07, 6.45) is 3.94. The average Bonchev–Trinajstić information content (AvgIpc) is 2.23. The van der Waals surface area contributed by atoms with E-state index in [1.54, 1.807) is 0 Å².